The van der Waals surface area contributed by atoms with Crippen LogP contribution in [0, 0.1) is 11.3 Å². The Kier molecular flexibility index (Phi) is 4.22. The van der Waals surface area contributed by atoms with Gasteiger partial charge in [0.25, 0.3) is 0 Å². The Morgan fingerprint density at radius 1 is 1.17 bits per heavy atom. The van der Waals surface area contributed by atoms with Gasteiger partial charge in [-0.05, 0) is 30.5 Å². The highest BCUT2D eigenvalue weighted by atomic mass is 16.3. The number of anilines is 1. The van der Waals surface area contributed by atoms with E-state index >= 15 is 0 Å². The van der Waals surface area contributed by atoms with Gasteiger partial charge >= 0.3 is 0 Å². The van der Waals surface area contributed by atoms with Crippen LogP contribution >= 0.6 is 0 Å². The SMILES string of the molecule is N#CCc1ccc(NCC2(O)CCCCC2)cc1. The highest BCUT2D eigenvalue weighted by Crippen LogP contribution is 2.28. The van der Waals surface area contributed by atoms with Gasteiger partial charge in [-0.1, -0.05) is 31.4 Å². The zero-order valence-electron chi connectivity index (χ0n) is 10.7. The fourth-order valence-corrected chi connectivity index (χ4v) is 2.48. The van der Waals surface area contributed by atoms with Crippen LogP contribution in [-0.4, -0.2) is 17.3 Å². The van der Waals surface area contributed by atoms with Crippen molar-refractivity contribution in [3.63, 3.8) is 0 Å². The Morgan fingerprint density at radius 3 is 2.44 bits per heavy atom. The zero-order chi connectivity index (χ0) is 12.8. The quantitative estimate of drug-likeness (QED) is 0.856. The Labute approximate surface area is 108 Å². The van der Waals surface area contributed by atoms with Crippen LogP contribution in [0.5, 0.6) is 0 Å². The molecule has 1 aliphatic carbocycles. The average Bonchev–Trinajstić information content (AvgIpc) is 2.39. The summed E-state index contributed by atoms with van der Waals surface area (Å²) in [6.07, 6.45) is 5.73. The van der Waals surface area contributed by atoms with E-state index in [2.05, 4.69) is 11.4 Å². The lowest BCUT2D eigenvalue weighted by atomic mass is 9.85. The molecular formula is C15H20N2O. The van der Waals surface area contributed by atoms with Gasteiger partial charge < -0.3 is 10.4 Å². The molecule has 18 heavy (non-hydrogen) atoms. The van der Waals surface area contributed by atoms with E-state index in [9.17, 15) is 5.11 Å². The fourth-order valence-electron chi connectivity index (χ4n) is 2.48. The fraction of sp³-hybridized carbons (Fsp3) is 0.533. The highest BCUT2D eigenvalue weighted by molar-refractivity contribution is 5.45. The molecule has 2 rings (SSSR count). The van der Waals surface area contributed by atoms with E-state index in [-0.39, 0.29) is 0 Å². The molecule has 1 aromatic carbocycles. The first-order chi connectivity index (χ1) is 8.72. The molecule has 0 aliphatic heterocycles. The first kappa shape index (κ1) is 12.9. The number of hydrogen-bond acceptors (Lipinski definition) is 3. The summed E-state index contributed by atoms with van der Waals surface area (Å²) >= 11 is 0. The monoisotopic (exact) mass is 244 g/mol. The van der Waals surface area contributed by atoms with Crippen molar-refractivity contribution in [3.05, 3.63) is 29.8 Å². The van der Waals surface area contributed by atoms with Gasteiger partial charge in [0.1, 0.15) is 0 Å². The third-order valence-corrected chi connectivity index (χ3v) is 3.64. The summed E-state index contributed by atoms with van der Waals surface area (Å²) in [6, 6.07) is 9.98. The summed E-state index contributed by atoms with van der Waals surface area (Å²) in [5.74, 6) is 0. The van der Waals surface area contributed by atoms with Crippen LogP contribution in [0.3, 0.4) is 0 Å². The second kappa shape index (κ2) is 5.88. The van der Waals surface area contributed by atoms with Crippen LogP contribution < -0.4 is 5.32 Å². The maximum Gasteiger partial charge on any atom is 0.0819 e. The molecule has 1 aliphatic rings. The van der Waals surface area contributed by atoms with E-state index in [0.29, 0.717) is 13.0 Å². The van der Waals surface area contributed by atoms with E-state index in [1.807, 2.05) is 24.3 Å². The molecule has 3 nitrogen and oxygen atoms in total. The maximum absolute atomic E-state index is 10.4. The molecule has 0 spiro atoms. The normalized spacial score (nSPS) is 18.0. The second-order valence-corrected chi connectivity index (χ2v) is 5.17. The summed E-state index contributed by atoms with van der Waals surface area (Å²) < 4.78 is 0. The number of rotatable bonds is 4. The molecular weight excluding hydrogens is 224 g/mol. The second-order valence-electron chi connectivity index (χ2n) is 5.17. The van der Waals surface area contributed by atoms with Crippen molar-refractivity contribution >= 4 is 5.69 Å². The topological polar surface area (TPSA) is 56.0 Å². The van der Waals surface area contributed by atoms with Gasteiger partial charge in [0, 0.05) is 12.2 Å². The predicted molar refractivity (Wildman–Crippen MR) is 72.3 cm³/mol. The van der Waals surface area contributed by atoms with E-state index < -0.39 is 5.60 Å². The molecule has 0 atom stereocenters. The van der Waals surface area contributed by atoms with Gasteiger partial charge in [-0.15, -0.1) is 0 Å². The van der Waals surface area contributed by atoms with Crippen molar-refractivity contribution in [1.29, 1.82) is 5.26 Å². The van der Waals surface area contributed by atoms with Crippen LogP contribution in [0.15, 0.2) is 24.3 Å². The van der Waals surface area contributed by atoms with Crippen molar-refractivity contribution in [2.75, 3.05) is 11.9 Å². The molecule has 0 amide bonds. The van der Waals surface area contributed by atoms with Crippen LogP contribution in [-0.2, 0) is 6.42 Å². The third kappa shape index (κ3) is 3.48. The Bertz CT molecular complexity index is 413. The summed E-state index contributed by atoms with van der Waals surface area (Å²) in [7, 11) is 0. The molecule has 2 N–H and O–H groups in total. The zero-order valence-corrected chi connectivity index (χ0v) is 10.7. The number of aliphatic hydroxyl groups is 1. The minimum atomic E-state index is -0.538. The lowest BCUT2D eigenvalue weighted by Crippen LogP contribution is -2.38. The van der Waals surface area contributed by atoms with Gasteiger partial charge in [0.2, 0.25) is 0 Å². The van der Waals surface area contributed by atoms with E-state index in [4.69, 9.17) is 5.26 Å². The largest absolute Gasteiger partial charge is 0.388 e. The van der Waals surface area contributed by atoms with E-state index in [1.54, 1.807) is 0 Å². The lowest BCUT2D eigenvalue weighted by molar-refractivity contribution is 0.0167. The van der Waals surface area contributed by atoms with Gasteiger partial charge in [0.05, 0.1) is 18.1 Å². The van der Waals surface area contributed by atoms with Crippen LogP contribution in [0.4, 0.5) is 5.69 Å². The smallest absolute Gasteiger partial charge is 0.0819 e. The summed E-state index contributed by atoms with van der Waals surface area (Å²) in [6.45, 7) is 0.616. The molecule has 0 saturated heterocycles. The van der Waals surface area contributed by atoms with Gasteiger partial charge in [-0.25, -0.2) is 0 Å². The molecule has 96 valence electrons. The highest BCUT2D eigenvalue weighted by Gasteiger charge is 2.28. The van der Waals surface area contributed by atoms with Crippen LogP contribution in [0.1, 0.15) is 37.7 Å². The van der Waals surface area contributed by atoms with E-state index in [0.717, 1.165) is 36.9 Å². The summed E-state index contributed by atoms with van der Waals surface area (Å²) in [4.78, 5) is 0. The molecule has 3 heteroatoms. The van der Waals surface area contributed by atoms with E-state index in [1.165, 1.54) is 6.42 Å². The summed E-state index contributed by atoms with van der Waals surface area (Å²) in [5, 5.41) is 22.3. The van der Waals surface area contributed by atoms with Crippen molar-refractivity contribution in [1.82, 2.24) is 0 Å². The first-order valence-corrected chi connectivity index (χ1v) is 6.64. The number of nitriles is 1. The molecule has 0 unspecified atom stereocenters. The average molecular weight is 244 g/mol. The lowest BCUT2D eigenvalue weighted by Gasteiger charge is -2.32. The number of nitrogens with zero attached hydrogens (tertiary/aromatic N) is 1. The minimum Gasteiger partial charge on any atom is -0.388 e. The Morgan fingerprint density at radius 2 is 1.83 bits per heavy atom. The molecule has 0 heterocycles. The first-order valence-electron chi connectivity index (χ1n) is 6.64. The van der Waals surface area contributed by atoms with Gasteiger partial charge in [-0.3, -0.25) is 0 Å². The molecule has 1 fully saturated rings. The molecule has 0 bridgehead atoms. The van der Waals surface area contributed by atoms with Crippen molar-refractivity contribution in [3.8, 4) is 6.07 Å². The standard InChI is InChI=1S/C15H20N2O/c16-11-8-13-4-6-14(7-5-13)17-12-15(18)9-2-1-3-10-15/h4-7,17-18H,1-3,8-10,12H2. The maximum atomic E-state index is 10.4. The molecule has 1 saturated carbocycles. The van der Waals surface area contributed by atoms with Crippen molar-refractivity contribution in [2.45, 2.75) is 44.1 Å². The minimum absolute atomic E-state index is 0.449. The predicted octanol–water partition coefficient (Wildman–Crippen LogP) is 2.86. The number of nitrogens with one attached hydrogen (secondary N) is 1. The molecule has 1 aromatic rings. The van der Waals surface area contributed by atoms with Crippen LogP contribution in [0.25, 0.3) is 0 Å². The number of benzene rings is 1. The molecule has 0 aromatic heterocycles. The van der Waals surface area contributed by atoms with Gasteiger partial charge in [0.15, 0.2) is 0 Å². The number of hydrogen-bond donors (Lipinski definition) is 2. The Hall–Kier alpha value is -1.53. The van der Waals surface area contributed by atoms with Crippen molar-refractivity contribution in [2.24, 2.45) is 0 Å². The summed E-state index contributed by atoms with van der Waals surface area (Å²) in [5.41, 5.74) is 1.50. The molecule has 0 radical (unpaired) electrons. The van der Waals surface area contributed by atoms with Crippen LogP contribution in [0.2, 0.25) is 0 Å². The third-order valence-electron chi connectivity index (χ3n) is 3.64. The van der Waals surface area contributed by atoms with Gasteiger partial charge in [-0.2, -0.15) is 5.26 Å². The van der Waals surface area contributed by atoms with Crippen molar-refractivity contribution < 1.29 is 5.11 Å². The Balaban J connectivity index is 1.87.